The van der Waals surface area contributed by atoms with E-state index in [0.29, 0.717) is 49.8 Å². The summed E-state index contributed by atoms with van der Waals surface area (Å²) in [7, 11) is 0. The van der Waals surface area contributed by atoms with Crippen molar-refractivity contribution in [2.24, 2.45) is 17.8 Å². The highest BCUT2D eigenvalue weighted by molar-refractivity contribution is 5.89. The molecule has 0 bridgehead atoms. The molecule has 242 valence electrons. The van der Waals surface area contributed by atoms with Crippen LogP contribution >= 0.6 is 0 Å². The van der Waals surface area contributed by atoms with Crippen LogP contribution in [0, 0.1) is 17.8 Å². The highest BCUT2D eigenvalue weighted by Gasteiger charge is 2.41. The van der Waals surface area contributed by atoms with Gasteiger partial charge in [0.2, 0.25) is 0 Å². The number of benzene rings is 1. The van der Waals surface area contributed by atoms with Gasteiger partial charge in [0, 0.05) is 43.7 Å². The average Bonchev–Trinajstić information content (AvgIpc) is 3.66. The summed E-state index contributed by atoms with van der Waals surface area (Å²) in [6.07, 6.45) is 7.75. The van der Waals surface area contributed by atoms with Crippen LogP contribution in [0.25, 0.3) is 0 Å². The summed E-state index contributed by atoms with van der Waals surface area (Å²) >= 11 is 0. The summed E-state index contributed by atoms with van der Waals surface area (Å²) in [5.74, 6) is -1.23. The average molecular weight is 622 g/mol. The van der Waals surface area contributed by atoms with Crippen LogP contribution in [0.15, 0.2) is 89.8 Å². The SMILES string of the molecule is CCC(Cc1ccncc1)C(=O)C(OC(=O)COCCCC[C@H]1C(F)CC(O)[C@@H]1C=CC(O)Cc1ccco1)c1ccccc1. The molecule has 1 fully saturated rings. The highest BCUT2D eigenvalue weighted by atomic mass is 19.1. The molecule has 1 aliphatic rings. The van der Waals surface area contributed by atoms with Gasteiger partial charge in [0.25, 0.3) is 0 Å². The van der Waals surface area contributed by atoms with Gasteiger partial charge < -0.3 is 24.1 Å². The lowest BCUT2D eigenvalue weighted by atomic mass is 9.88. The fourth-order valence-electron chi connectivity index (χ4n) is 5.98. The van der Waals surface area contributed by atoms with Crippen LogP contribution in [0.2, 0.25) is 0 Å². The molecule has 2 N–H and O–H groups in total. The Hall–Kier alpha value is -3.66. The van der Waals surface area contributed by atoms with Crippen molar-refractivity contribution in [2.75, 3.05) is 13.2 Å². The molecule has 2 heterocycles. The number of ketones is 1. The lowest BCUT2D eigenvalue weighted by Crippen LogP contribution is -2.28. The van der Waals surface area contributed by atoms with Crippen molar-refractivity contribution in [1.29, 1.82) is 0 Å². The normalized spacial score (nSPS) is 21.9. The van der Waals surface area contributed by atoms with Gasteiger partial charge in [-0.15, -0.1) is 0 Å². The third kappa shape index (κ3) is 10.4. The minimum Gasteiger partial charge on any atom is -0.469 e. The van der Waals surface area contributed by atoms with Gasteiger partial charge in [-0.25, -0.2) is 9.18 Å². The van der Waals surface area contributed by atoms with E-state index in [1.807, 2.05) is 25.1 Å². The Morgan fingerprint density at radius 3 is 2.58 bits per heavy atom. The van der Waals surface area contributed by atoms with Crippen molar-refractivity contribution in [3.05, 3.63) is 102 Å². The van der Waals surface area contributed by atoms with E-state index in [1.54, 1.807) is 67.2 Å². The molecule has 0 spiro atoms. The molecule has 5 unspecified atom stereocenters. The number of ether oxygens (including phenoxy) is 2. The van der Waals surface area contributed by atoms with Crippen LogP contribution in [-0.4, -0.2) is 58.5 Å². The number of furan rings is 1. The molecule has 3 aromatic rings. The number of alkyl halides is 1. The zero-order valence-electron chi connectivity index (χ0n) is 25.7. The van der Waals surface area contributed by atoms with E-state index in [1.165, 1.54) is 0 Å². The maximum atomic E-state index is 14.7. The van der Waals surface area contributed by atoms with Crippen molar-refractivity contribution in [3.8, 4) is 0 Å². The first-order valence-corrected chi connectivity index (χ1v) is 15.8. The number of pyridine rings is 1. The van der Waals surface area contributed by atoms with E-state index >= 15 is 0 Å². The Labute approximate surface area is 264 Å². The molecule has 45 heavy (non-hydrogen) atoms. The van der Waals surface area contributed by atoms with Gasteiger partial charge in [-0.1, -0.05) is 55.8 Å². The fourth-order valence-corrected chi connectivity index (χ4v) is 5.98. The second-order valence-corrected chi connectivity index (χ2v) is 11.7. The number of halogens is 1. The standard InChI is InChI=1S/C36H44FNO7/c1-2-26(21-25-15-17-38-18-16-25)35(42)36(27-9-4-3-5-10-27)45-34(41)24-43-19-7-6-12-30-31(33(40)23-32(30)37)14-13-28(39)22-29-11-8-20-44-29/h3-5,8-11,13-18,20,26,28,30-33,36,39-40H,2,6-7,12,19,21-24H2,1H3/t26?,28?,30-,31-,32?,33?,36?/m1/s1. The number of carbonyl (C=O) groups is 2. The monoisotopic (exact) mass is 621 g/mol. The maximum absolute atomic E-state index is 14.7. The van der Waals surface area contributed by atoms with E-state index in [-0.39, 0.29) is 43.2 Å². The van der Waals surface area contributed by atoms with Crippen molar-refractivity contribution >= 4 is 11.8 Å². The van der Waals surface area contributed by atoms with Crippen LogP contribution in [0.1, 0.15) is 62.0 Å². The predicted octanol–water partition coefficient (Wildman–Crippen LogP) is 5.78. The number of carbonyl (C=O) groups excluding carboxylic acids is 2. The Morgan fingerprint density at radius 2 is 1.87 bits per heavy atom. The van der Waals surface area contributed by atoms with Crippen molar-refractivity contribution < 1.29 is 38.1 Å². The summed E-state index contributed by atoms with van der Waals surface area (Å²) in [6.45, 7) is 1.91. The summed E-state index contributed by atoms with van der Waals surface area (Å²) in [6, 6.07) is 16.3. The van der Waals surface area contributed by atoms with Gasteiger partial charge >= 0.3 is 5.97 Å². The number of rotatable bonds is 18. The molecular formula is C36H44FNO7. The van der Waals surface area contributed by atoms with E-state index in [9.17, 15) is 24.2 Å². The van der Waals surface area contributed by atoms with Crippen LogP contribution in [-0.2, 0) is 31.9 Å². The summed E-state index contributed by atoms with van der Waals surface area (Å²) in [5, 5.41) is 20.7. The van der Waals surface area contributed by atoms with Gasteiger partial charge in [0.05, 0.1) is 18.5 Å². The summed E-state index contributed by atoms with van der Waals surface area (Å²) in [4.78, 5) is 30.4. The number of Topliss-reactive ketones (excluding diaryl/α,β-unsaturated/α-hetero) is 1. The van der Waals surface area contributed by atoms with E-state index in [0.717, 1.165) is 5.56 Å². The first-order valence-electron chi connectivity index (χ1n) is 15.8. The lowest BCUT2D eigenvalue weighted by molar-refractivity contribution is -0.161. The van der Waals surface area contributed by atoms with Crippen LogP contribution in [0.5, 0.6) is 0 Å². The molecule has 4 rings (SSSR count). The highest BCUT2D eigenvalue weighted by Crippen LogP contribution is 2.39. The van der Waals surface area contributed by atoms with Crippen LogP contribution in [0.4, 0.5) is 4.39 Å². The largest absolute Gasteiger partial charge is 0.469 e. The number of nitrogens with zero attached hydrogens (tertiary/aromatic N) is 1. The van der Waals surface area contributed by atoms with E-state index in [4.69, 9.17) is 13.9 Å². The second-order valence-electron chi connectivity index (χ2n) is 11.7. The summed E-state index contributed by atoms with van der Waals surface area (Å²) < 4.78 is 31.3. The molecule has 9 heteroatoms. The third-order valence-electron chi connectivity index (χ3n) is 8.45. The minimum atomic E-state index is -1.13. The van der Waals surface area contributed by atoms with Gasteiger partial charge in [-0.3, -0.25) is 9.78 Å². The lowest BCUT2D eigenvalue weighted by Gasteiger charge is -2.22. The second kappa shape index (κ2) is 17.7. The van der Waals surface area contributed by atoms with Crippen LogP contribution < -0.4 is 0 Å². The molecule has 0 amide bonds. The fraction of sp³-hybridized carbons (Fsp3) is 0.472. The van der Waals surface area contributed by atoms with Crippen molar-refractivity contribution in [3.63, 3.8) is 0 Å². The van der Waals surface area contributed by atoms with Crippen molar-refractivity contribution in [1.82, 2.24) is 4.98 Å². The predicted molar refractivity (Wildman–Crippen MR) is 167 cm³/mol. The molecule has 0 aliphatic heterocycles. The Morgan fingerprint density at radius 1 is 1.09 bits per heavy atom. The number of unbranched alkanes of at least 4 members (excludes halogenated alkanes) is 1. The zero-order valence-corrected chi connectivity index (χ0v) is 25.7. The molecule has 0 radical (unpaired) electrons. The number of esters is 1. The quantitative estimate of drug-likeness (QED) is 0.104. The first kappa shape index (κ1) is 34.2. The minimum absolute atomic E-state index is 0.0685. The Bertz CT molecular complexity index is 1320. The first-order chi connectivity index (χ1) is 21.9. The maximum Gasteiger partial charge on any atom is 0.333 e. The summed E-state index contributed by atoms with van der Waals surface area (Å²) in [5.41, 5.74) is 1.60. The van der Waals surface area contributed by atoms with Gasteiger partial charge in [-0.2, -0.15) is 0 Å². The number of aromatic nitrogens is 1. The van der Waals surface area contributed by atoms with Crippen LogP contribution in [0.3, 0.4) is 0 Å². The molecule has 2 aromatic heterocycles. The zero-order chi connectivity index (χ0) is 32.0. The van der Waals surface area contributed by atoms with Gasteiger partial charge in [-0.05, 0) is 67.0 Å². The van der Waals surface area contributed by atoms with Gasteiger partial charge in [0.15, 0.2) is 11.9 Å². The Balaban J connectivity index is 1.22. The van der Waals surface area contributed by atoms with E-state index < -0.39 is 30.5 Å². The number of hydrogen-bond donors (Lipinski definition) is 2. The van der Waals surface area contributed by atoms with Gasteiger partial charge in [0.1, 0.15) is 18.5 Å². The molecule has 1 aliphatic carbocycles. The molecule has 8 nitrogen and oxygen atoms in total. The van der Waals surface area contributed by atoms with E-state index in [2.05, 4.69) is 4.98 Å². The molecule has 7 atom stereocenters. The molecule has 1 saturated carbocycles. The topological polar surface area (TPSA) is 119 Å². The number of aliphatic hydroxyl groups is 2. The molecular weight excluding hydrogens is 577 g/mol. The molecule has 1 aromatic carbocycles. The number of hydrogen-bond acceptors (Lipinski definition) is 8. The third-order valence-corrected chi connectivity index (χ3v) is 8.45. The molecule has 0 saturated heterocycles. The Kier molecular flexibility index (Phi) is 13.5. The number of aliphatic hydroxyl groups excluding tert-OH is 2. The van der Waals surface area contributed by atoms with Crippen molar-refractivity contribution in [2.45, 2.75) is 76.4 Å². The smallest absolute Gasteiger partial charge is 0.333 e.